The number of hydrogen-bond donors (Lipinski definition) is 0. The fourth-order valence-corrected chi connectivity index (χ4v) is 3.96. The third-order valence-electron chi connectivity index (χ3n) is 4.59. The number of carbonyl (C=O) groups excluding carboxylic acids is 2. The second kappa shape index (κ2) is 5.44. The van der Waals surface area contributed by atoms with Gasteiger partial charge in [0.15, 0.2) is 0 Å². The molecule has 0 bridgehead atoms. The van der Waals surface area contributed by atoms with Crippen molar-refractivity contribution in [2.75, 3.05) is 19.0 Å². The van der Waals surface area contributed by atoms with Gasteiger partial charge in [-0.2, -0.15) is 0 Å². The van der Waals surface area contributed by atoms with Crippen molar-refractivity contribution in [1.82, 2.24) is 4.90 Å². The second-order valence-corrected chi connectivity index (χ2v) is 6.47. The van der Waals surface area contributed by atoms with Crippen molar-refractivity contribution in [3.8, 4) is 5.75 Å². The highest BCUT2D eigenvalue weighted by Crippen LogP contribution is 2.46. The van der Waals surface area contributed by atoms with Gasteiger partial charge in [-0.05, 0) is 42.5 Å². The number of nitrogens with zero attached hydrogens (tertiary/aromatic N) is 1. The van der Waals surface area contributed by atoms with Crippen molar-refractivity contribution in [2.45, 2.75) is 31.1 Å². The molecule has 2 amide bonds. The summed E-state index contributed by atoms with van der Waals surface area (Å²) in [5.74, 6) is 0.723. The van der Waals surface area contributed by atoms with E-state index in [1.807, 2.05) is 18.2 Å². The molecule has 1 atom stereocenters. The number of amides is 2. The molecule has 1 aliphatic carbocycles. The molecule has 21 heavy (non-hydrogen) atoms. The average Bonchev–Trinajstić information content (AvgIpc) is 2.72. The van der Waals surface area contributed by atoms with E-state index < -0.39 is 5.41 Å². The third-order valence-corrected chi connectivity index (χ3v) is 4.95. The quantitative estimate of drug-likeness (QED) is 0.620. The van der Waals surface area contributed by atoms with Crippen LogP contribution in [0.15, 0.2) is 18.2 Å². The Morgan fingerprint density at radius 2 is 2.19 bits per heavy atom. The van der Waals surface area contributed by atoms with Crippen LogP contribution < -0.4 is 4.74 Å². The van der Waals surface area contributed by atoms with Gasteiger partial charge in [-0.1, -0.05) is 22.0 Å². The minimum absolute atomic E-state index is 0.0296. The first-order chi connectivity index (χ1) is 10.1. The summed E-state index contributed by atoms with van der Waals surface area (Å²) in [7, 11) is 1.64. The lowest BCUT2D eigenvalue weighted by Crippen LogP contribution is -2.41. The minimum Gasteiger partial charge on any atom is -0.497 e. The molecule has 0 saturated carbocycles. The van der Waals surface area contributed by atoms with Gasteiger partial charge in [-0.3, -0.25) is 14.5 Å². The molecule has 1 aliphatic heterocycles. The summed E-state index contributed by atoms with van der Waals surface area (Å²) in [6.07, 6.45) is 2.93. The summed E-state index contributed by atoms with van der Waals surface area (Å²) in [6.45, 7) is 0.449. The summed E-state index contributed by atoms with van der Waals surface area (Å²) in [5.41, 5.74) is 1.52. The molecule has 0 aromatic heterocycles. The number of benzene rings is 1. The van der Waals surface area contributed by atoms with E-state index >= 15 is 0 Å². The highest BCUT2D eigenvalue weighted by Gasteiger charge is 2.53. The Morgan fingerprint density at radius 3 is 2.90 bits per heavy atom. The fourth-order valence-electron chi connectivity index (χ4n) is 3.60. The Morgan fingerprint density at radius 1 is 1.38 bits per heavy atom. The molecule has 112 valence electrons. The largest absolute Gasteiger partial charge is 0.497 e. The first-order valence-electron chi connectivity index (χ1n) is 7.20. The van der Waals surface area contributed by atoms with Gasteiger partial charge in [0.05, 0.1) is 12.5 Å². The first-order valence-corrected chi connectivity index (χ1v) is 8.33. The summed E-state index contributed by atoms with van der Waals surface area (Å²) >= 11 is 3.31. The molecule has 5 heteroatoms. The SMILES string of the molecule is COc1ccc2c(c1)CCCC21CC(=O)N(CCBr)C1=O. The van der Waals surface area contributed by atoms with E-state index in [1.54, 1.807) is 7.11 Å². The molecule has 0 N–H and O–H groups in total. The van der Waals surface area contributed by atoms with E-state index in [2.05, 4.69) is 15.9 Å². The van der Waals surface area contributed by atoms with Crippen molar-refractivity contribution < 1.29 is 14.3 Å². The van der Waals surface area contributed by atoms with Gasteiger partial charge < -0.3 is 4.74 Å². The number of alkyl halides is 1. The minimum atomic E-state index is -0.640. The fraction of sp³-hybridized carbons (Fsp3) is 0.500. The number of likely N-dealkylation sites (tertiary alicyclic amines) is 1. The Bertz CT molecular complexity index is 601. The maximum atomic E-state index is 12.9. The monoisotopic (exact) mass is 351 g/mol. The number of aryl methyl sites for hydroxylation is 1. The molecular formula is C16H18BrNO3. The summed E-state index contributed by atoms with van der Waals surface area (Å²) in [6, 6.07) is 5.86. The maximum absolute atomic E-state index is 12.9. The molecule has 0 radical (unpaired) electrons. The van der Waals surface area contributed by atoms with Gasteiger partial charge in [0.2, 0.25) is 11.8 Å². The van der Waals surface area contributed by atoms with E-state index in [-0.39, 0.29) is 11.8 Å². The van der Waals surface area contributed by atoms with E-state index in [0.717, 1.165) is 36.1 Å². The lowest BCUT2D eigenvalue weighted by molar-refractivity contribution is -0.139. The van der Waals surface area contributed by atoms with Crippen LogP contribution in [0.4, 0.5) is 0 Å². The topological polar surface area (TPSA) is 46.6 Å². The molecule has 3 rings (SSSR count). The molecule has 1 unspecified atom stereocenters. The number of fused-ring (bicyclic) bond motifs is 2. The zero-order valence-corrected chi connectivity index (χ0v) is 13.6. The highest BCUT2D eigenvalue weighted by atomic mass is 79.9. The standard InChI is InChI=1S/C16H18BrNO3/c1-21-12-4-5-13-11(9-12)3-2-6-16(13)10-14(19)18(8-7-17)15(16)20/h4-5,9H,2-3,6-8,10H2,1H3. The molecule has 1 fully saturated rings. The number of ether oxygens (including phenoxy) is 1. The number of imide groups is 1. The van der Waals surface area contributed by atoms with Crippen LogP contribution in [0.1, 0.15) is 30.4 Å². The number of rotatable bonds is 3. The normalized spacial score (nSPS) is 24.6. The van der Waals surface area contributed by atoms with E-state index in [4.69, 9.17) is 4.74 Å². The molecule has 4 nitrogen and oxygen atoms in total. The molecule has 1 saturated heterocycles. The Labute approximate surface area is 132 Å². The van der Waals surface area contributed by atoms with Gasteiger partial charge in [-0.15, -0.1) is 0 Å². The highest BCUT2D eigenvalue weighted by molar-refractivity contribution is 9.09. The summed E-state index contributed by atoms with van der Waals surface area (Å²) in [5, 5.41) is 0.621. The van der Waals surface area contributed by atoms with Crippen LogP contribution in [0.5, 0.6) is 5.75 Å². The maximum Gasteiger partial charge on any atom is 0.240 e. The number of halogens is 1. The molecule has 1 aromatic rings. The predicted octanol–water partition coefficient (Wildman–Crippen LogP) is 2.42. The average molecular weight is 352 g/mol. The molecule has 2 aliphatic rings. The third kappa shape index (κ3) is 2.18. The summed E-state index contributed by atoms with van der Waals surface area (Å²) < 4.78 is 5.27. The predicted molar refractivity (Wildman–Crippen MR) is 82.7 cm³/mol. The van der Waals surface area contributed by atoms with Crippen molar-refractivity contribution in [1.29, 1.82) is 0 Å². The number of carbonyl (C=O) groups is 2. The van der Waals surface area contributed by atoms with E-state index in [0.29, 0.717) is 18.3 Å². The van der Waals surface area contributed by atoms with Crippen molar-refractivity contribution in [2.24, 2.45) is 0 Å². The van der Waals surface area contributed by atoms with E-state index in [9.17, 15) is 9.59 Å². The lowest BCUT2D eigenvalue weighted by atomic mass is 9.69. The van der Waals surface area contributed by atoms with Crippen LogP contribution in [0, 0.1) is 0 Å². The van der Waals surface area contributed by atoms with Crippen LogP contribution in [0.2, 0.25) is 0 Å². The van der Waals surface area contributed by atoms with Crippen LogP contribution >= 0.6 is 15.9 Å². The zero-order valence-electron chi connectivity index (χ0n) is 12.0. The first kappa shape index (κ1) is 14.6. The van der Waals surface area contributed by atoms with Crippen LogP contribution in [-0.4, -0.2) is 35.7 Å². The molecular weight excluding hydrogens is 334 g/mol. The Kier molecular flexibility index (Phi) is 3.78. The number of hydrogen-bond acceptors (Lipinski definition) is 3. The molecule has 1 heterocycles. The summed E-state index contributed by atoms with van der Waals surface area (Å²) in [4.78, 5) is 26.5. The van der Waals surface area contributed by atoms with Crippen LogP contribution in [0.25, 0.3) is 0 Å². The van der Waals surface area contributed by atoms with Crippen LogP contribution in [0.3, 0.4) is 0 Å². The van der Waals surface area contributed by atoms with Crippen LogP contribution in [-0.2, 0) is 21.4 Å². The van der Waals surface area contributed by atoms with Crippen molar-refractivity contribution >= 4 is 27.7 Å². The van der Waals surface area contributed by atoms with Gasteiger partial charge in [0.1, 0.15) is 5.75 Å². The van der Waals surface area contributed by atoms with Gasteiger partial charge in [0.25, 0.3) is 0 Å². The van der Waals surface area contributed by atoms with Gasteiger partial charge in [0, 0.05) is 18.3 Å². The lowest BCUT2D eigenvalue weighted by Gasteiger charge is -2.33. The zero-order chi connectivity index (χ0) is 15.0. The van der Waals surface area contributed by atoms with Gasteiger partial charge >= 0.3 is 0 Å². The number of methoxy groups -OCH3 is 1. The Hall–Kier alpha value is -1.36. The van der Waals surface area contributed by atoms with Crippen molar-refractivity contribution in [3.63, 3.8) is 0 Å². The smallest absolute Gasteiger partial charge is 0.240 e. The van der Waals surface area contributed by atoms with Gasteiger partial charge in [-0.25, -0.2) is 0 Å². The van der Waals surface area contributed by atoms with E-state index in [1.165, 1.54) is 4.90 Å². The molecule has 1 spiro atoms. The van der Waals surface area contributed by atoms with Crippen molar-refractivity contribution in [3.05, 3.63) is 29.3 Å². The molecule has 1 aromatic carbocycles. The second-order valence-electron chi connectivity index (χ2n) is 5.68. The Balaban J connectivity index is 2.05.